The maximum atomic E-state index is 8.93. The molecule has 1 aliphatic rings. The summed E-state index contributed by atoms with van der Waals surface area (Å²) in [4.78, 5) is 0. The minimum absolute atomic E-state index is 0.230. The van der Waals surface area contributed by atoms with Gasteiger partial charge in [0.15, 0.2) is 0 Å². The molecule has 0 amide bonds. The van der Waals surface area contributed by atoms with E-state index in [0.717, 1.165) is 17.9 Å². The van der Waals surface area contributed by atoms with E-state index >= 15 is 0 Å². The summed E-state index contributed by atoms with van der Waals surface area (Å²) in [5.41, 5.74) is 5.40. The third-order valence-corrected chi connectivity index (χ3v) is 1.50. The largest absolute Gasteiger partial charge is 0.309 e. The van der Waals surface area contributed by atoms with E-state index in [4.69, 9.17) is 16.4 Å². The van der Waals surface area contributed by atoms with E-state index in [2.05, 4.69) is 0 Å². The lowest BCUT2D eigenvalue weighted by Gasteiger charge is -2.28. The molecule has 0 spiro atoms. The van der Waals surface area contributed by atoms with Gasteiger partial charge in [0.25, 0.3) is 0 Å². The summed E-state index contributed by atoms with van der Waals surface area (Å²) in [6.07, 6.45) is 1.98. The number of nitrogens with two attached hydrogens (primary N) is 1. The Bertz CT molecular complexity index is 125. The molecule has 0 aliphatic carbocycles. The van der Waals surface area contributed by atoms with Gasteiger partial charge >= 0.3 is 0 Å². The second-order valence-corrected chi connectivity index (χ2v) is 2.25. The highest BCUT2D eigenvalue weighted by molar-refractivity contribution is 5.78. The van der Waals surface area contributed by atoms with E-state index in [-0.39, 0.29) is 12.0 Å². The Balaban J connectivity index is 2.51. The standard InChI is InChI=1S/C5H11N3O/c6-4-2-1-3-5(7)8(4)9/h4,7,9H,1-3,6H2. The van der Waals surface area contributed by atoms with E-state index in [1.54, 1.807) is 0 Å². The molecule has 1 atom stereocenters. The van der Waals surface area contributed by atoms with Crippen LogP contribution in [0.3, 0.4) is 0 Å². The van der Waals surface area contributed by atoms with Crippen LogP contribution in [0.15, 0.2) is 0 Å². The molecule has 1 saturated heterocycles. The molecule has 0 aromatic rings. The van der Waals surface area contributed by atoms with Crippen LogP contribution in [-0.4, -0.2) is 22.3 Å². The van der Waals surface area contributed by atoms with Gasteiger partial charge in [-0.25, -0.2) is 5.06 Å². The van der Waals surface area contributed by atoms with Gasteiger partial charge in [-0.15, -0.1) is 0 Å². The number of piperidine rings is 1. The predicted molar refractivity (Wildman–Crippen MR) is 33.2 cm³/mol. The maximum Gasteiger partial charge on any atom is 0.122 e. The van der Waals surface area contributed by atoms with Gasteiger partial charge in [0.2, 0.25) is 0 Å². The van der Waals surface area contributed by atoms with E-state index in [0.29, 0.717) is 6.42 Å². The Labute approximate surface area is 53.7 Å². The quantitative estimate of drug-likeness (QED) is 0.435. The Kier molecular flexibility index (Phi) is 1.68. The fraction of sp³-hybridized carbons (Fsp3) is 0.800. The summed E-state index contributed by atoms with van der Waals surface area (Å²) in [6.45, 7) is 0. The van der Waals surface area contributed by atoms with Crippen LogP contribution in [-0.2, 0) is 0 Å². The lowest BCUT2D eigenvalue weighted by Crippen LogP contribution is -2.46. The Morgan fingerprint density at radius 1 is 1.78 bits per heavy atom. The van der Waals surface area contributed by atoms with Crippen LogP contribution in [0, 0.1) is 5.41 Å². The van der Waals surface area contributed by atoms with Gasteiger partial charge in [-0.3, -0.25) is 10.6 Å². The predicted octanol–water partition coefficient (Wildman–Crippen LogP) is 0.124. The number of nitrogens with zero attached hydrogens (tertiary/aromatic N) is 1. The highest BCUT2D eigenvalue weighted by atomic mass is 16.5. The number of hydrogen-bond donors (Lipinski definition) is 3. The molecule has 1 unspecified atom stereocenters. The fourth-order valence-electron chi connectivity index (χ4n) is 0.916. The number of rotatable bonds is 0. The molecule has 9 heavy (non-hydrogen) atoms. The van der Waals surface area contributed by atoms with Crippen molar-refractivity contribution in [1.29, 1.82) is 5.41 Å². The first-order chi connectivity index (χ1) is 4.22. The van der Waals surface area contributed by atoms with Crippen molar-refractivity contribution < 1.29 is 5.21 Å². The van der Waals surface area contributed by atoms with Crippen molar-refractivity contribution in [2.45, 2.75) is 25.4 Å². The molecular weight excluding hydrogens is 118 g/mol. The van der Waals surface area contributed by atoms with Crippen LogP contribution < -0.4 is 5.73 Å². The minimum Gasteiger partial charge on any atom is -0.309 e. The highest BCUT2D eigenvalue weighted by Crippen LogP contribution is 2.11. The summed E-state index contributed by atoms with van der Waals surface area (Å²) in [5, 5.41) is 16.9. The third-order valence-electron chi connectivity index (χ3n) is 1.50. The van der Waals surface area contributed by atoms with Crippen molar-refractivity contribution in [2.24, 2.45) is 5.73 Å². The summed E-state index contributed by atoms with van der Waals surface area (Å²) >= 11 is 0. The summed E-state index contributed by atoms with van der Waals surface area (Å²) in [6, 6.07) is 0. The topological polar surface area (TPSA) is 73.3 Å². The van der Waals surface area contributed by atoms with Gasteiger partial charge in [-0.05, 0) is 12.8 Å². The van der Waals surface area contributed by atoms with Crippen LogP contribution in [0.25, 0.3) is 0 Å². The van der Waals surface area contributed by atoms with Crippen LogP contribution in [0.1, 0.15) is 19.3 Å². The monoisotopic (exact) mass is 129 g/mol. The Morgan fingerprint density at radius 2 is 2.44 bits per heavy atom. The SMILES string of the molecule is N=C1CCCC(N)N1O. The van der Waals surface area contributed by atoms with E-state index in [1.165, 1.54) is 0 Å². The van der Waals surface area contributed by atoms with Gasteiger partial charge in [0.05, 0.1) is 0 Å². The fourth-order valence-corrected chi connectivity index (χ4v) is 0.916. The Morgan fingerprint density at radius 3 is 2.89 bits per heavy atom. The van der Waals surface area contributed by atoms with E-state index in [9.17, 15) is 0 Å². The van der Waals surface area contributed by atoms with Crippen LogP contribution >= 0.6 is 0 Å². The van der Waals surface area contributed by atoms with E-state index < -0.39 is 0 Å². The van der Waals surface area contributed by atoms with Gasteiger partial charge < -0.3 is 5.73 Å². The van der Waals surface area contributed by atoms with Crippen molar-refractivity contribution >= 4 is 5.84 Å². The normalized spacial score (nSPS) is 28.9. The number of amidine groups is 1. The lowest BCUT2D eigenvalue weighted by molar-refractivity contribution is -0.0651. The molecule has 0 saturated carbocycles. The zero-order valence-electron chi connectivity index (χ0n) is 5.17. The summed E-state index contributed by atoms with van der Waals surface area (Å²) < 4.78 is 0. The number of nitrogens with one attached hydrogen (secondary N) is 1. The Hall–Kier alpha value is -0.610. The molecule has 1 heterocycles. The molecular formula is C5H11N3O. The van der Waals surface area contributed by atoms with Crippen molar-refractivity contribution in [2.75, 3.05) is 0 Å². The molecule has 4 nitrogen and oxygen atoms in total. The van der Waals surface area contributed by atoms with Crippen LogP contribution in [0.4, 0.5) is 0 Å². The summed E-state index contributed by atoms with van der Waals surface area (Å²) in [5.74, 6) is 0.230. The second kappa shape index (κ2) is 2.33. The summed E-state index contributed by atoms with van der Waals surface area (Å²) in [7, 11) is 0. The first-order valence-electron chi connectivity index (χ1n) is 3.03. The average Bonchev–Trinajstić information content (AvgIpc) is 1.83. The molecule has 1 rings (SSSR count). The third kappa shape index (κ3) is 1.20. The molecule has 52 valence electrons. The molecule has 1 fully saturated rings. The van der Waals surface area contributed by atoms with Crippen molar-refractivity contribution in [3.05, 3.63) is 0 Å². The number of hydroxylamine groups is 2. The minimum atomic E-state index is -0.355. The molecule has 1 aliphatic heterocycles. The van der Waals surface area contributed by atoms with Gasteiger partial charge in [0.1, 0.15) is 12.0 Å². The smallest absolute Gasteiger partial charge is 0.122 e. The maximum absolute atomic E-state index is 8.93. The van der Waals surface area contributed by atoms with Gasteiger partial charge in [-0.1, -0.05) is 0 Å². The van der Waals surface area contributed by atoms with Crippen LogP contribution in [0.5, 0.6) is 0 Å². The van der Waals surface area contributed by atoms with Crippen molar-refractivity contribution in [3.8, 4) is 0 Å². The molecule has 4 N–H and O–H groups in total. The lowest BCUT2D eigenvalue weighted by atomic mass is 10.1. The average molecular weight is 129 g/mol. The van der Waals surface area contributed by atoms with Crippen molar-refractivity contribution in [1.82, 2.24) is 5.06 Å². The first kappa shape index (κ1) is 6.51. The van der Waals surface area contributed by atoms with E-state index in [1.807, 2.05) is 0 Å². The van der Waals surface area contributed by atoms with Crippen molar-refractivity contribution in [3.63, 3.8) is 0 Å². The zero-order valence-corrected chi connectivity index (χ0v) is 5.17. The number of hydrogen-bond acceptors (Lipinski definition) is 3. The highest BCUT2D eigenvalue weighted by Gasteiger charge is 2.19. The molecule has 0 aromatic carbocycles. The van der Waals surface area contributed by atoms with Gasteiger partial charge in [0, 0.05) is 6.42 Å². The molecule has 0 aromatic heterocycles. The molecule has 0 radical (unpaired) electrons. The first-order valence-corrected chi connectivity index (χ1v) is 3.03. The zero-order chi connectivity index (χ0) is 6.85. The molecule has 0 bridgehead atoms. The molecule has 4 heteroatoms. The second-order valence-electron chi connectivity index (χ2n) is 2.25. The van der Waals surface area contributed by atoms with Gasteiger partial charge in [-0.2, -0.15) is 0 Å². The van der Waals surface area contributed by atoms with Crippen LogP contribution in [0.2, 0.25) is 0 Å².